The molecule has 2 aromatic carbocycles. The minimum Gasteiger partial charge on any atom is -0.504 e. The molecule has 4 rings (SSSR count). The Bertz CT molecular complexity index is 984. The number of aromatic hydroxyl groups is 1. The number of benzene rings is 2. The summed E-state index contributed by atoms with van der Waals surface area (Å²) in [6, 6.07) is 14.1. The lowest BCUT2D eigenvalue weighted by molar-refractivity contribution is 0.475. The minimum atomic E-state index is 0.178. The number of hydrogen-bond acceptors (Lipinski definition) is 4. The summed E-state index contributed by atoms with van der Waals surface area (Å²) in [5.74, 6) is 0.178. The lowest BCUT2D eigenvalue weighted by Gasteiger charge is -2.02. The maximum Gasteiger partial charge on any atom is 0.171 e. The van der Waals surface area contributed by atoms with E-state index >= 15 is 0 Å². The third-order valence-corrected chi connectivity index (χ3v) is 4.62. The summed E-state index contributed by atoms with van der Waals surface area (Å²) >= 11 is 0. The molecule has 0 radical (unpaired) electrons. The van der Waals surface area contributed by atoms with E-state index in [1.807, 2.05) is 50.4 Å². The lowest BCUT2D eigenvalue weighted by atomic mass is 10.0. The van der Waals surface area contributed by atoms with Gasteiger partial charge in [0.1, 0.15) is 11.4 Å². The van der Waals surface area contributed by atoms with Crippen LogP contribution in [0.15, 0.2) is 47.5 Å². The Kier molecular flexibility index (Phi) is 3.66. The van der Waals surface area contributed by atoms with Gasteiger partial charge in [-0.2, -0.15) is 5.10 Å². The molecular weight excluding hydrogens is 312 g/mol. The third kappa shape index (κ3) is 2.62. The average Bonchev–Trinajstić information content (AvgIpc) is 3.15. The van der Waals surface area contributed by atoms with Crippen LogP contribution in [0.25, 0.3) is 11.3 Å². The maximum atomic E-state index is 10.8. The van der Waals surface area contributed by atoms with Crippen LogP contribution in [0, 0.1) is 6.92 Å². The normalized spacial score (nSPS) is 13.0. The zero-order chi connectivity index (χ0) is 17.6. The fourth-order valence-electron chi connectivity index (χ4n) is 3.23. The van der Waals surface area contributed by atoms with E-state index in [1.165, 1.54) is 5.56 Å². The van der Waals surface area contributed by atoms with E-state index in [2.05, 4.69) is 11.2 Å². The number of nitrogens with zero attached hydrogens (tertiary/aromatic N) is 3. The second-order valence-electron chi connectivity index (χ2n) is 6.44. The van der Waals surface area contributed by atoms with Gasteiger partial charge in [0.2, 0.25) is 0 Å². The van der Waals surface area contributed by atoms with Crippen LogP contribution in [0.3, 0.4) is 0 Å². The Morgan fingerprint density at radius 2 is 1.92 bits per heavy atom. The Morgan fingerprint density at radius 1 is 1.16 bits per heavy atom. The van der Waals surface area contributed by atoms with Crippen LogP contribution >= 0.6 is 0 Å². The highest BCUT2D eigenvalue weighted by Crippen LogP contribution is 2.36. The molecule has 3 aromatic rings. The molecular formula is C20H20N4O. The van der Waals surface area contributed by atoms with Crippen LogP contribution in [0.5, 0.6) is 5.75 Å². The summed E-state index contributed by atoms with van der Waals surface area (Å²) in [6.45, 7) is 2.53. The Balaban J connectivity index is 1.76. The number of nitrogens with two attached hydrogens (primary N) is 1. The number of aliphatic imine (C=N–C) groups is 1. The predicted molar refractivity (Wildman–Crippen MR) is 99.3 cm³/mol. The van der Waals surface area contributed by atoms with E-state index in [1.54, 1.807) is 4.68 Å². The van der Waals surface area contributed by atoms with Gasteiger partial charge in [0, 0.05) is 25.6 Å². The molecule has 1 aromatic heterocycles. The highest BCUT2D eigenvalue weighted by Gasteiger charge is 2.25. The second-order valence-corrected chi connectivity index (χ2v) is 6.44. The molecule has 0 amide bonds. The van der Waals surface area contributed by atoms with E-state index in [4.69, 9.17) is 10.7 Å². The molecule has 2 heterocycles. The van der Waals surface area contributed by atoms with Gasteiger partial charge in [-0.05, 0) is 24.1 Å². The molecule has 3 N–H and O–H groups in total. The molecule has 1 aliphatic heterocycles. The van der Waals surface area contributed by atoms with Crippen molar-refractivity contribution < 1.29 is 5.11 Å². The SMILES string of the molecule is Cc1ccc(-c2nn(C)c(C3=Nc4cc(CN)ccc4C3)c2O)cc1. The highest BCUT2D eigenvalue weighted by atomic mass is 16.3. The van der Waals surface area contributed by atoms with E-state index in [0.717, 1.165) is 28.1 Å². The fourth-order valence-corrected chi connectivity index (χ4v) is 3.23. The lowest BCUT2D eigenvalue weighted by Crippen LogP contribution is -2.08. The molecule has 5 nitrogen and oxygen atoms in total. The monoisotopic (exact) mass is 332 g/mol. The summed E-state index contributed by atoms with van der Waals surface area (Å²) in [4.78, 5) is 4.71. The van der Waals surface area contributed by atoms with E-state index in [0.29, 0.717) is 24.4 Å². The van der Waals surface area contributed by atoms with Crippen molar-refractivity contribution in [2.24, 2.45) is 17.8 Å². The Labute approximate surface area is 146 Å². The molecule has 25 heavy (non-hydrogen) atoms. The summed E-state index contributed by atoms with van der Waals surface area (Å²) in [6.07, 6.45) is 0.681. The number of fused-ring (bicyclic) bond motifs is 1. The molecule has 0 saturated carbocycles. The van der Waals surface area contributed by atoms with Crippen molar-refractivity contribution in [3.63, 3.8) is 0 Å². The smallest absolute Gasteiger partial charge is 0.171 e. The molecule has 0 spiro atoms. The van der Waals surface area contributed by atoms with Crippen molar-refractivity contribution in [2.45, 2.75) is 19.9 Å². The summed E-state index contributed by atoms with van der Waals surface area (Å²) < 4.78 is 1.71. The minimum absolute atomic E-state index is 0.178. The molecule has 126 valence electrons. The van der Waals surface area contributed by atoms with Crippen molar-refractivity contribution in [3.8, 4) is 17.0 Å². The van der Waals surface area contributed by atoms with Crippen molar-refractivity contribution in [1.82, 2.24) is 9.78 Å². The van der Waals surface area contributed by atoms with Crippen LogP contribution in [-0.4, -0.2) is 20.6 Å². The summed E-state index contributed by atoms with van der Waals surface area (Å²) in [5, 5.41) is 15.3. The molecule has 1 aliphatic rings. The predicted octanol–water partition coefficient (Wildman–Crippen LogP) is 3.24. The van der Waals surface area contributed by atoms with Gasteiger partial charge in [0.05, 0.1) is 11.4 Å². The molecule has 0 bridgehead atoms. The standard InChI is InChI=1S/C20H20N4O/c1-12-3-6-14(7-4-12)18-20(25)19(24(2)23-18)17-10-15-8-5-13(11-21)9-16(15)22-17/h3-9,25H,10-11,21H2,1-2H3. The first-order valence-electron chi connectivity index (χ1n) is 8.29. The quantitative estimate of drug-likeness (QED) is 0.773. The summed E-state index contributed by atoms with van der Waals surface area (Å²) in [5.41, 5.74) is 13.0. The number of hydrogen-bond donors (Lipinski definition) is 2. The molecule has 5 heteroatoms. The topological polar surface area (TPSA) is 76.4 Å². The zero-order valence-corrected chi connectivity index (χ0v) is 14.3. The molecule has 0 unspecified atom stereocenters. The van der Waals surface area contributed by atoms with Gasteiger partial charge >= 0.3 is 0 Å². The largest absolute Gasteiger partial charge is 0.504 e. The van der Waals surface area contributed by atoms with Gasteiger partial charge in [-0.3, -0.25) is 9.67 Å². The van der Waals surface area contributed by atoms with Gasteiger partial charge in [-0.15, -0.1) is 0 Å². The first-order valence-corrected chi connectivity index (χ1v) is 8.29. The van der Waals surface area contributed by atoms with Crippen molar-refractivity contribution in [1.29, 1.82) is 0 Å². The molecule has 0 saturated heterocycles. The molecule has 0 aliphatic carbocycles. The van der Waals surface area contributed by atoms with Crippen LogP contribution in [-0.2, 0) is 20.0 Å². The van der Waals surface area contributed by atoms with Gasteiger partial charge in [-0.25, -0.2) is 0 Å². The number of rotatable bonds is 3. The summed E-state index contributed by atoms with van der Waals surface area (Å²) in [7, 11) is 1.84. The van der Waals surface area contributed by atoms with Crippen LogP contribution in [0.1, 0.15) is 22.4 Å². The van der Waals surface area contributed by atoms with Gasteiger partial charge in [0.25, 0.3) is 0 Å². The number of aryl methyl sites for hydroxylation is 2. The zero-order valence-electron chi connectivity index (χ0n) is 14.3. The van der Waals surface area contributed by atoms with Crippen molar-refractivity contribution in [3.05, 3.63) is 64.8 Å². The average molecular weight is 332 g/mol. The maximum absolute atomic E-state index is 10.8. The van der Waals surface area contributed by atoms with Crippen LogP contribution in [0.4, 0.5) is 5.69 Å². The molecule has 0 fully saturated rings. The first kappa shape index (κ1) is 15.6. The Hall–Kier alpha value is -2.92. The fraction of sp³-hybridized carbons (Fsp3) is 0.200. The van der Waals surface area contributed by atoms with Gasteiger partial charge in [0.15, 0.2) is 5.75 Å². The van der Waals surface area contributed by atoms with Crippen molar-refractivity contribution >= 4 is 11.4 Å². The van der Waals surface area contributed by atoms with Gasteiger partial charge < -0.3 is 10.8 Å². The van der Waals surface area contributed by atoms with Crippen molar-refractivity contribution in [2.75, 3.05) is 0 Å². The van der Waals surface area contributed by atoms with E-state index < -0.39 is 0 Å². The van der Waals surface area contributed by atoms with Gasteiger partial charge in [-0.1, -0.05) is 42.0 Å². The van der Waals surface area contributed by atoms with E-state index in [9.17, 15) is 5.11 Å². The third-order valence-electron chi connectivity index (χ3n) is 4.62. The van der Waals surface area contributed by atoms with E-state index in [-0.39, 0.29) is 5.75 Å². The van der Waals surface area contributed by atoms with Crippen LogP contribution < -0.4 is 5.73 Å². The Morgan fingerprint density at radius 3 is 2.64 bits per heavy atom. The highest BCUT2D eigenvalue weighted by molar-refractivity contribution is 6.08. The number of aromatic nitrogens is 2. The second kappa shape index (κ2) is 5.86. The van der Waals surface area contributed by atoms with Crippen LogP contribution in [0.2, 0.25) is 0 Å². The molecule has 0 atom stereocenters. The first-order chi connectivity index (χ1) is 12.1.